The van der Waals surface area contributed by atoms with Gasteiger partial charge in [-0.2, -0.15) is 0 Å². The van der Waals surface area contributed by atoms with Crippen LogP contribution in [0.5, 0.6) is 5.75 Å². The third-order valence-corrected chi connectivity index (χ3v) is 9.58. The van der Waals surface area contributed by atoms with Gasteiger partial charge >= 0.3 is 0 Å². The number of phenolic OH excluding ortho intramolecular Hbond substituents is 1. The van der Waals surface area contributed by atoms with Crippen molar-refractivity contribution in [1.82, 2.24) is 4.72 Å². The maximum atomic E-state index is 13.2. The largest absolute Gasteiger partial charge is 0.506 e. The number of fused-ring (bicyclic) bond motifs is 1. The van der Waals surface area contributed by atoms with E-state index in [0.29, 0.717) is 23.0 Å². The Hall–Kier alpha value is -2.98. The van der Waals surface area contributed by atoms with E-state index in [1.165, 1.54) is 56.7 Å². The lowest BCUT2D eigenvalue weighted by Gasteiger charge is -2.15. The van der Waals surface area contributed by atoms with Gasteiger partial charge in [0.05, 0.1) is 27.0 Å². The van der Waals surface area contributed by atoms with Crippen LogP contribution in [0.1, 0.15) is 101 Å². The first-order chi connectivity index (χ1) is 21.4. The van der Waals surface area contributed by atoms with E-state index in [4.69, 9.17) is 28.0 Å². The van der Waals surface area contributed by atoms with Crippen LogP contribution < -0.4 is 15.5 Å². The average Bonchev–Trinajstić information content (AvgIpc) is 2.97. The number of carbonyl (C=O) groups excluding carboxylic acids is 1. The molecule has 0 aliphatic heterocycles. The molecule has 0 aliphatic rings. The van der Waals surface area contributed by atoms with E-state index in [9.17, 15) is 18.3 Å². The second-order valence-electron chi connectivity index (χ2n) is 11.6. The Kier molecular flexibility index (Phi) is 14.3. The number of amides is 1. The Balaban J connectivity index is 1.63. The molecule has 4 N–H and O–H groups in total. The molecule has 3 aromatic carbocycles. The zero-order valence-corrected chi connectivity index (χ0v) is 28.9. The van der Waals surface area contributed by atoms with Gasteiger partial charge < -0.3 is 15.3 Å². The summed E-state index contributed by atoms with van der Waals surface area (Å²) in [4.78, 5) is 18.5. The molecule has 246 valence electrons. The molecular weight excluding hydrogens is 633 g/mol. The number of hydrogen-bond donors (Lipinski definition) is 4. The van der Waals surface area contributed by atoms with Gasteiger partial charge in [0.1, 0.15) is 16.9 Å². The number of anilines is 2. The summed E-state index contributed by atoms with van der Waals surface area (Å²) >= 11 is 12.8. The second-order valence-corrected chi connectivity index (χ2v) is 14.1. The van der Waals surface area contributed by atoms with Gasteiger partial charge in [-0.05, 0) is 68.7 Å². The number of allylic oxidation sites excluding steroid dienone is 1. The molecule has 0 saturated carbocycles. The SMILES string of the molecule is CCCCCCCCCCCCNS(=O)(=O)c1cc(Cl)c(NC(=O)c2ccc3c(NOC=C(C)C)cc(C)cc3c2O)cc1Cl. The molecule has 0 bridgehead atoms. The van der Waals surface area contributed by atoms with E-state index < -0.39 is 15.9 Å². The van der Waals surface area contributed by atoms with Crippen molar-refractivity contribution in [3.63, 3.8) is 0 Å². The summed E-state index contributed by atoms with van der Waals surface area (Å²) in [7, 11) is -3.91. The number of hydrogen-bond acceptors (Lipinski definition) is 6. The summed E-state index contributed by atoms with van der Waals surface area (Å²) in [5, 5.41) is 14.7. The summed E-state index contributed by atoms with van der Waals surface area (Å²) in [5.41, 5.74) is 5.41. The second kappa shape index (κ2) is 17.6. The molecule has 0 aromatic heterocycles. The van der Waals surface area contributed by atoms with Crippen molar-refractivity contribution >= 4 is 61.3 Å². The van der Waals surface area contributed by atoms with Crippen LogP contribution in [0.3, 0.4) is 0 Å². The summed E-state index contributed by atoms with van der Waals surface area (Å²) < 4.78 is 28.5. The molecule has 0 fully saturated rings. The van der Waals surface area contributed by atoms with Crippen LogP contribution in [-0.4, -0.2) is 26.0 Å². The van der Waals surface area contributed by atoms with Crippen LogP contribution in [-0.2, 0) is 14.9 Å². The predicted molar refractivity (Wildman–Crippen MR) is 186 cm³/mol. The molecule has 0 radical (unpaired) electrons. The molecule has 0 unspecified atom stereocenters. The first kappa shape index (κ1) is 36.5. The Labute approximate surface area is 277 Å². The molecular formula is C34H45Cl2N3O5S. The fourth-order valence-corrected chi connectivity index (χ4v) is 6.86. The van der Waals surface area contributed by atoms with Gasteiger partial charge in [-0.15, -0.1) is 0 Å². The highest BCUT2D eigenvalue weighted by Gasteiger charge is 2.22. The van der Waals surface area contributed by atoms with E-state index in [1.807, 2.05) is 26.8 Å². The molecule has 45 heavy (non-hydrogen) atoms. The van der Waals surface area contributed by atoms with Gasteiger partial charge in [-0.3, -0.25) is 4.79 Å². The number of halogens is 2. The van der Waals surface area contributed by atoms with E-state index in [0.717, 1.165) is 36.8 Å². The molecule has 3 rings (SSSR count). The van der Waals surface area contributed by atoms with Gasteiger partial charge in [-0.1, -0.05) is 94.0 Å². The normalized spacial score (nSPS) is 11.4. The van der Waals surface area contributed by atoms with Gasteiger partial charge in [-0.25, -0.2) is 18.6 Å². The topological polar surface area (TPSA) is 117 Å². The van der Waals surface area contributed by atoms with E-state index in [1.54, 1.807) is 18.4 Å². The van der Waals surface area contributed by atoms with Gasteiger partial charge in [0.2, 0.25) is 10.0 Å². The zero-order chi connectivity index (χ0) is 33.0. The fourth-order valence-electron chi connectivity index (χ4n) is 4.96. The van der Waals surface area contributed by atoms with Crippen LogP contribution >= 0.6 is 23.2 Å². The lowest BCUT2D eigenvalue weighted by molar-refractivity contribution is 0.102. The standard InChI is InChI=1S/C34H45Cl2N3O5S/c1-5-6-7-8-9-10-11-12-13-14-17-37-45(42,43)32-21-28(35)31(20-29(32)36)38-34(41)26-16-15-25-27(33(26)40)18-24(4)19-30(25)39-44-22-23(2)3/h15-16,18-22,37,39-40H,5-14,17H2,1-4H3,(H,38,41). The average molecular weight is 679 g/mol. The lowest BCUT2D eigenvalue weighted by Crippen LogP contribution is -2.25. The number of sulfonamides is 1. The van der Waals surface area contributed by atoms with Crippen molar-refractivity contribution in [2.45, 2.75) is 96.8 Å². The fraction of sp³-hybridized carbons (Fsp3) is 0.441. The third kappa shape index (κ3) is 10.8. The van der Waals surface area contributed by atoms with E-state index in [2.05, 4.69) is 22.4 Å². The number of unbranched alkanes of at least 4 members (excludes halogenated alkanes) is 9. The Morgan fingerprint density at radius 1 is 0.867 bits per heavy atom. The highest BCUT2D eigenvalue weighted by Crippen LogP contribution is 2.36. The molecule has 1 amide bonds. The summed E-state index contributed by atoms with van der Waals surface area (Å²) in [6.45, 7) is 8.17. The number of aryl methyl sites for hydroxylation is 1. The van der Waals surface area contributed by atoms with E-state index in [-0.39, 0.29) is 31.9 Å². The minimum absolute atomic E-state index is 0.00585. The molecule has 0 saturated heterocycles. The minimum Gasteiger partial charge on any atom is -0.506 e. The monoisotopic (exact) mass is 677 g/mol. The van der Waals surface area contributed by atoms with Crippen molar-refractivity contribution in [3.8, 4) is 5.75 Å². The highest BCUT2D eigenvalue weighted by atomic mass is 35.5. The van der Waals surface area contributed by atoms with Crippen LogP contribution in [0.2, 0.25) is 10.0 Å². The van der Waals surface area contributed by atoms with Gasteiger partial charge in [0, 0.05) is 17.3 Å². The van der Waals surface area contributed by atoms with Crippen molar-refractivity contribution in [1.29, 1.82) is 0 Å². The number of nitrogens with one attached hydrogen (secondary N) is 3. The molecule has 0 aliphatic carbocycles. The summed E-state index contributed by atoms with van der Waals surface area (Å²) in [6, 6.07) is 9.32. The lowest BCUT2D eigenvalue weighted by atomic mass is 10.0. The Morgan fingerprint density at radius 3 is 2.16 bits per heavy atom. The predicted octanol–water partition coefficient (Wildman–Crippen LogP) is 9.88. The van der Waals surface area contributed by atoms with Gasteiger partial charge in [0.15, 0.2) is 0 Å². The van der Waals surface area contributed by atoms with Crippen molar-refractivity contribution < 1.29 is 23.2 Å². The number of rotatable bonds is 18. The first-order valence-corrected chi connectivity index (χ1v) is 17.8. The molecule has 8 nitrogen and oxygen atoms in total. The van der Waals surface area contributed by atoms with E-state index >= 15 is 0 Å². The molecule has 0 heterocycles. The number of phenols is 1. The van der Waals surface area contributed by atoms with Crippen molar-refractivity contribution in [2.75, 3.05) is 17.3 Å². The van der Waals surface area contributed by atoms with Crippen molar-refractivity contribution in [3.05, 3.63) is 69.4 Å². The molecule has 0 spiro atoms. The quantitative estimate of drug-likeness (QED) is 0.0605. The zero-order valence-electron chi connectivity index (χ0n) is 26.6. The smallest absolute Gasteiger partial charge is 0.259 e. The number of aromatic hydroxyl groups is 1. The number of benzene rings is 3. The Bertz CT molecular complexity index is 1610. The molecule has 11 heteroatoms. The highest BCUT2D eigenvalue weighted by molar-refractivity contribution is 7.89. The van der Waals surface area contributed by atoms with Crippen LogP contribution in [0.4, 0.5) is 11.4 Å². The summed E-state index contributed by atoms with van der Waals surface area (Å²) in [6.07, 6.45) is 13.1. The third-order valence-electron chi connectivity index (χ3n) is 7.34. The maximum absolute atomic E-state index is 13.2. The maximum Gasteiger partial charge on any atom is 0.259 e. The first-order valence-electron chi connectivity index (χ1n) is 15.6. The number of carbonyl (C=O) groups is 1. The Morgan fingerprint density at radius 2 is 1.51 bits per heavy atom. The molecule has 3 aromatic rings. The van der Waals surface area contributed by atoms with Crippen LogP contribution in [0.15, 0.2) is 53.1 Å². The molecule has 0 atom stereocenters. The minimum atomic E-state index is -3.91. The summed E-state index contributed by atoms with van der Waals surface area (Å²) in [5.74, 6) is -0.865. The van der Waals surface area contributed by atoms with Crippen molar-refractivity contribution in [2.24, 2.45) is 0 Å². The van der Waals surface area contributed by atoms with Crippen LogP contribution in [0, 0.1) is 6.92 Å². The van der Waals surface area contributed by atoms with Gasteiger partial charge in [0.25, 0.3) is 5.91 Å². The van der Waals surface area contributed by atoms with Crippen LogP contribution in [0.25, 0.3) is 10.8 Å².